The fourth-order valence-electron chi connectivity index (χ4n) is 3.91. The molecule has 1 atom stereocenters. The predicted molar refractivity (Wildman–Crippen MR) is 115 cm³/mol. The molecule has 0 N–H and O–H groups in total. The summed E-state index contributed by atoms with van der Waals surface area (Å²) in [7, 11) is 0. The van der Waals surface area contributed by atoms with Gasteiger partial charge in [0.2, 0.25) is 0 Å². The zero-order chi connectivity index (χ0) is 23.8. The fraction of sp³-hybridized carbons (Fsp3) is 0.348. The first kappa shape index (κ1) is 22.1. The van der Waals surface area contributed by atoms with E-state index in [1.807, 2.05) is 0 Å². The molecule has 1 saturated carbocycles. The van der Waals surface area contributed by atoms with Gasteiger partial charge in [-0.3, -0.25) is 4.79 Å². The van der Waals surface area contributed by atoms with Crippen LogP contribution in [0.25, 0.3) is 10.9 Å². The number of fused-ring (bicyclic) bond motifs is 1. The molecule has 8 nitrogen and oxygen atoms in total. The van der Waals surface area contributed by atoms with Gasteiger partial charge in [-0.05, 0) is 55.2 Å². The van der Waals surface area contributed by atoms with Crippen molar-refractivity contribution in [3.63, 3.8) is 0 Å². The van der Waals surface area contributed by atoms with Crippen molar-refractivity contribution in [3.8, 4) is 6.01 Å². The number of benzene rings is 1. The lowest BCUT2D eigenvalue weighted by molar-refractivity contribution is -0.303. The molecule has 0 bridgehead atoms. The topological polar surface area (TPSA) is 92.0 Å². The van der Waals surface area contributed by atoms with Gasteiger partial charge in [0.25, 0.3) is 5.56 Å². The largest absolute Gasteiger partial charge is 0.573 e. The van der Waals surface area contributed by atoms with Crippen LogP contribution in [-0.4, -0.2) is 37.9 Å². The summed E-state index contributed by atoms with van der Waals surface area (Å²) in [5.74, 6) is -0.421. The number of ether oxygens (including phenoxy) is 2. The van der Waals surface area contributed by atoms with Crippen molar-refractivity contribution in [1.82, 2.24) is 25.0 Å². The average Bonchev–Trinajstić information content (AvgIpc) is 3.59. The molecule has 34 heavy (non-hydrogen) atoms. The number of allylic oxidation sites excluding steroid dienone is 3. The van der Waals surface area contributed by atoms with Crippen molar-refractivity contribution in [2.75, 3.05) is 6.61 Å². The summed E-state index contributed by atoms with van der Waals surface area (Å²) in [6.07, 6.45) is 4.87. The maximum Gasteiger partial charge on any atom is 0.573 e. The minimum Gasteiger partial charge on any atom is -0.463 e. The molecule has 176 valence electrons. The van der Waals surface area contributed by atoms with Crippen LogP contribution in [0, 0.1) is 5.41 Å². The van der Waals surface area contributed by atoms with Crippen molar-refractivity contribution < 1.29 is 22.6 Å². The van der Waals surface area contributed by atoms with Crippen molar-refractivity contribution in [3.05, 3.63) is 76.6 Å². The molecule has 0 saturated heterocycles. The third-order valence-electron chi connectivity index (χ3n) is 5.97. The molecule has 2 aromatic heterocycles. The second-order valence-corrected chi connectivity index (χ2v) is 8.50. The van der Waals surface area contributed by atoms with E-state index in [2.05, 4.69) is 25.0 Å². The number of halogens is 3. The molecule has 0 aliphatic heterocycles. The highest BCUT2D eigenvalue weighted by Crippen LogP contribution is 2.47. The summed E-state index contributed by atoms with van der Waals surface area (Å²) in [6, 6.07) is 7.22. The Labute approximate surface area is 191 Å². The molecule has 3 aromatic rings. The standard InChI is InChI=1S/C23H20F3N5O3/c24-23(25,26)34-17-5-2-15(3-6-17)16-4-7-19-18(12-16)20(32)31(30-29-19)13-22(8-9-22)14-33-21-27-10-1-11-28-21/h1-2,4-7,10-12,15H,3,8-9,13-14H2. The van der Waals surface area contributed by atoms with Crippen molar-refractivity contribution >= 4 is 10.9 Å². The van der Waals surface area contributed by atoms with E-state index in [9.17, 15) is 18.0 Å². The summed E-state index contributed by atoms with van der Waals surface area (Å²) in [6.45, 7) is 0.723. The van der Waals surface area contributed by atoms with Gasteiger partial charge >= 0.3 is 12.4 Å². The van der Waals surface area contributed by atoms with Crippen LogP contribution in [0.15, 0.2) is 65.4 Å². The Morgan fingerprint density at radius 3 is 2.65 bits per heavy atom. The molecule has 2 aliphatic carbocycles. The monoisotopic (exact) mass is 471 g/mol. The Morgan fingerprint density at radius 2 is 1.97 bits per heavy atom. The van der Waals surface area contributed by atoms with Crippen LogP contribution < -0.4 is 10.3 Å². The first-order chi connectivity index (χ1) is 16.3. The number of aromatic nitrogens is 5. The van der Waals surface area contributed by atoms with E-state index >= 15 is 0 Å². The van der Waals surface area contributed by atoms with Crippen LogP contribution in [0.1, 0.15) is 30.7 Å². The van der Waals surface area contributed by atoms with Gasteiger partial charge in [-0.25, -0.2) is 14.6 Å². The average molecular weight is 471 g/mol. The number of rotatable bonds is 7. The van der Waals surface area contributed by atoms with Crippen LogP contribution in [0.4, 0.5) is 13.2 Å². The minimum absolute atomic E-state index is 0.181. The van der Waals surface area contributed by atoms with Crippen molar-refractivity contribution in [2.45, 2.75) is 38.1 Å². The molecule has 11 heteroatoms. The normalized spacial score (nSPS) is 19.0. The van der Waals surface area contributed by atoms with E-state index in [1.54, 1.807) is 42.7 Å². The third kappa shape index (κ3) is 4.92. The maximum absolute atomic E-state index is 13.2. The highest BCUT2D eigenvalue weighted by molar-refractivity contribution is 5.78. The number of nitrogens with zero attached hydrogens (tertiary/aromatic N) is 5. The summed E-state index contributed by atoms with van der Waals surface area (Å²) < 4.78 is 48.2. The molecule has 2 aliphatic rings. The molecule has 1 unspecified atom stereocenters. The van der Waals surface area contributed by atoms with Gasteiger partial charge < -0.3 is 9.47 Å². The summed E-state index contributed by atoms with van der Waals surface area (Å²) in [4.78, 5) is 21.3. The quantitative estimate of drug-likeness (QED) is 0.516. The Kier molecular flexibility index (Phi) is 5.54. The van der Waals surface area contributed by atoms with Gasteiger partial charge in [-0.2, -0.15) is 0 Å². The lowest BCUT2D eigenvalue weighted by Crippen LogP contribution is -2.31. The van der Waals surface area contributed by atoms with Crippen LogP contribution in [-0.2, 0) is 11.3 Å². The van der Waals surface area contributed by atoms with Crippen LogP contribution in [0.5, 0.6) is 6.01 Å². The van der Waals surface area contributed by atoms with Gasteiger partial charge in [-0.15, -0.1) is 18.3 Å². The van der Waals surface area contributed by atoms with E-state index in [4.69, 9.17) is 4.74 Å². The smallest absolute Gasteiger partial charge is 0.463 e. The molecular weight excluding hydrogens is 451 g/mol. The van der Waals surface area contributed by atoms with Crippen molar-refractivity contribution in [1.29, 1.82) is 0 Å². The zero-order valence-electron chi connectivity index (χ0n) is 17.9. The molecule has 5 rings (SSSR count). The first-order valence-corrected chi connectivity index (χ1v) is 10.7. The van der Waals surface area contributed by atoms with Gasteiger partial charge in [0.15, 0.2) is 0 Å². The number of hydrogen-bond acceptors (Lipinski definition) is 7. The van der Waals surface area contributed by atoms with Gasteiger partial charge in [-0.1, -0.05) is 17.4 Å². The predicted octanol–water partition coefficient (Wildman–Crippen LogP) is 3.90. The molecule has 0 spiro atoms. The second-order valence-electron chi connectivity index (χ2n) is 8.50. The van der Waals surface area contributed by atoms with E-state index in [0.717, 1.165) is 18.4 Å². The maximum atomic E-state index is 13.2. The van der Waals surface area contributed by atoms with Crippen LogP contribution in [0.2, 0.25) is 0 Å². The lowest BCUT2D eigenvalue weighted by Gasteiger charge is -2.18. The molecule has 0 radical (unpaired) electrons. The Bertz CT molecular complexity index is 1320. The highest BCUT2D eigenvalue weighted by atomic mass is 19.4. The lowest BCUT2D eigenvalue weighted by atomic mass is 9.91. The van der Waals surface area contributed by atoms with E-state index < -0.39 is 6.36 Å². The Hall–Kier alpha value is -3.76. The second kappa shape index (κ2) is 8.54. The molecule has 1 fully saturated rings. The fourth-order valence-corrected chi connectivity index (χ4v) is 3.91. The minimum atomic E-state index is -4.73. The highest BCUT2D eigenvalue weighted by Gasteiger charge is 2.45. The van der Waals surface area contributed by atoms with E-state index in [0.29, 0.717) is 30.5 Å². The Balaban J connectivity index is 1.32. The van der Waals surface area contributed by atoms with E-state index in [1.165, 1.54) is 16.8 Å². The third-order valence-corrected chi connectivity index (χ3v) is 5.97. The molecule has 1 aromatic carbocycles. The van der Waals surface area contributed by atoms with Gasteiger partial charge in [0.1, 0.15) is 11.3 Å². The van der Waals surface area contributed by atoms with Gasteiger partial charge in [0, 0.05) is 23.7 Å². The summed E-state index contributed by atoms with van der Waals surface area (Å²) in [5.41, 5.74) is 0.758. The number of alkyl halides is 3. The Morgan fingerprint density at radius 1 is 1.18 bits per heavy atom. The summed E-state index contributed by atoms with van der Waals surface area (Å²) >= 11 is 0. The zero-order valence-corrected chi connectivity index (χ0v) is 17.9. The first-order valence-electron chi connectivity index (χ1n) is 10.7. The molecular formula is C23H20F3N5O3. The number of hydrogen-bond donors (Lipinski definition) is 0. The molecule has 2 heterocycles. The van der Waals surface area contributed by atoms with E-state index in [-0.39, 0.29) is 28.7 Å². The van der Waals surface area contributed by atoms with Crippen molar-refractivity contribution in [2.24, 2.45) is 5.41 Å². The SMILES string of the molecule is O=c1c2cc(C3C=CC(OC(F)(F)F)=CC3)ccc2nnn1CC1(COc2ncccn2)CC1. The van der Waals surface area contributed by atoms with Crippen LogP contribution in [0.3, 0.4) is 0 Å². The van der Waals surface area contributed by atoms with Crippen LogP contribution >= 0.6 is 0 Å². The summed E-state index contributed by atoms with van der Waals surface area (Å²) in [5, 5.41) is 8.68. The molecule has 0 amide bonds. The van der Waals surface area contributed by atoms with Gasteiger partial charge in [0.05, 0.1) is 18.5 Å².